The van der Waals surface area contributed by atoms with E-state index in [0.717, 1.165) is 0 Å². The summed E-state index contributed by atoms with van der Waals surface area (Å²) in [6.45, 7) is 2.04. The van der Waals surface area contributed by atoms with E-state index in [-0.39, 0.29) is 12.5 Å². The third kappa shape index (κ3) is 4.25. The Labute approximate surface area is 127 Å². The van der Waals surface area contributed by atoms with E-state index < -0.39 is 10.0 Å². The number of carbonyl (C=O) groups excluding carboxylic acids is 1. The first-order valence-corrected chi connectivity index (χ1v) is 9.08. The Bertz CT molecular complexity index is 654. The highest BCUT2D eigenvalue weighted by molar-refractivity contribution is 7.88. The van der Waals surface area contributed by atoms with Gasteiger partial charge in [0.25, 0.3) is 0 Å². The zero-order chi connectivity index (χ0) is 15.5. The molecular weight excluding hydrogens is 312 g/mol. The van der Waals surface area contributed by atoms with Crippen molar-refractivity contribution in [3.63, 3.8) is 0 Å². The normalized spacial score (nSPS) is 17.3. The number of amides is 1. The quantitative estimate of drug-likeness (QED) is 0.848. The van der Waals surface area contributed by atoms with Crippen LogP contribution in [-0.4, -0.2) is 62.5 Å². The van der Waals surface area contributed by atoms with Crippen LogP contribution in [0, 0.1) is 11.3 Å². The number of thiophene rings is 1. The number of nitrogens with one attached hydrogen (secondary N) is 1. The van der Waals surface area contributed by atoms with Gasteiger partial charge in [-0.15, -0.1) is 11.3 Å². The molecule has 7 nitrogen and oxygen atoms in total. The van der Waals surface area contributed by atoms with Crippen LogP contribution in [0.2, 0.25) is 0 Å². The maximum Gasteiger partial charge on any atom is 0.239 e. The second-order valence-electron chi connectivity index (χ2n) is 4.76. The molecular formula is C12H16N4O3S2. The summed E-state index contributed by atoms with van der Waals surface area (Å²) in [5.41, 5.74) is 0.454. The monoisotopic (exact) mass is 328 g/mol. The lowest BCUT2D eigenvalue weighted by Gasteiger charge is -2.32. The van der Waals surface area contributed by atoms with Gasteiger partial charge >= 0.3 is 0 Å². The summed E-state index contributed by atoms with van der Waals surface area (Å²) in [5.74, 6) is -0.193. The van der Waals surface area contributed by atoms with E-state index in [9.17, 15) is 13.2 Å². The van der Waals surface area contributed by atoms with Crippen molar-refractivity contribution < 1.29 is 13.2 Å². The molecule has 1 N–H and O–H groups in total. The van der Waals surface area contributed by atoms with Crippen molar-refractivity contribution >= 4 is 32.3 Å². The van der Waals surface area contributed by atoms with Crippen molar-refractivity contribution in [1.82, 2.24) is 9.21 Å². The average molecular weight is 328 g/mol. The number of rotatable bonds is 4. The molecule has 1 saturated heterocycles. The van der Waals surface area contributed by atoms with E-state index >= 15 is 0 Å². The summed E-state index contributed by atoms with van der Waals surface area (Å²) in [6.07, 6.45) is 1.19. The molecule has 0 aromatic carbocycles. The number of hydrogen-bond acceptors (Lipinski definition) is 6. The van der Waals surface area contributed by atoms with Crippen molar-refractivity contribution in [3.05, 3.63) is 17.0 Å². The molecule has 1 aromatic rings. The lowest BCUT2D eigenvalue weighted by atomic mass is 10.3. The van der Waals surface area contributed by atoms with Gasteiger partial charge in [0.1, 0.15) is 11.1 Å². The van der Waals surface area contributed by atoms with Crippen LogP contribution in [0.4, 0.5) is 5.00 Å². The van der Waals surface area contributed by atoms with Gasteiger partial charge in [0.2, 0.25) is 15.9 Å². The summed E-state index contributed by atoms with van der Waals surface area (Å²) in [7, 11) is -3.16. The number of piperazine rings is 1. The first-order chi connectivity index (χ1) is 9.90. The van der Waals surface area contributed by atoms with E-state index in [1.54, 1.807) is 11.4 Å². The molecule has 9 heteroatoms. The molecule has 1 fully saturated rings. The number of carbonyl (C=O) groups is 1. The molecule has 0 aliphatic carbocycles. The second-order valence-corrected chi connectivity index (χ2v) is 7.66. The average Bonchev–Trinajstić information content (AvgIpc) is 2.85. The minimum Gasteiger partial charge on any atom is -0.315 e. The molecule has 0 atom stereocenters. The topological polar surface area (TPSA) is 93.5 Å². The van der Waals surface area contributed by atoms with Gasteiger partial charge in [-0.25, -0.2) is 8.42 Å². The Kier molecular flexibility index (Phi) is 4.95. The molecule has 1 amide bonds. The number of anilines is 1. The molecule has 1 aliphatic rings. The Balaban J connectivity index is 1.84. The molecule has 0 spiro atoms. The molecule has 1 aliphatic heterocycles. The Morgan fingerprint density at radius 3 is 2.67 bits per heavy atom. The van der Waals surface area contributed by atoms with Gasteiger partial charge in [-0.1, -0.05) is 0 Å². The van der Waals surface area contributed by atoms with E-state index in [4.69, 9.17) is 5.26 Å². The number of sulfonamides is 1. The Hall–Kier alpha value is -1.47. The lowest BCUT2D eigenvalue weighted by molar-refractivity contribution is -0.117. The SMILES string of the molecule is CS(=O)(=O)N1CCN(CC(=O)Nc2sccc2C#N)CC1. The third-order valence-electron chi connectivity index (χ3n) is 3.21. The minimum absolute atomic E-state index is 0.193. The number of nitriles is 1. The lowest BCUT2D eigenvalue weighted by Crippen LogP contribution is -2.50. The van der Waals surface area contributed by atoms with Crippen LogP contribution in [0.25, 0.3) is 0 Å². The van der Waals surface area contributed by atoms with E-state index in [1.807, 2.05) is 11.0 Å². The Morgan fingerprint density at radius 1 is 1.43 bits per heavy atom. The maximum atomic E-state index is 11.9. The van der Waals surface area contributed by atoms with Crippen LogP contribution in [0.15, 0.2) is 11.4 Å². The molecule has 21 heavy (non-hydrogen) atoms. The van der Waals surface area contributed by atoms with Crippen molar-refractivity contribution in [2.75, 3.05) is 44.3 Å². The number of nitrogens with zero attached hydrogens (tertiary/aromatic N) is 3. The highest BCUT2D eigenvalue weighted by Crippen LogP contribution is 2.22. The first kappa shape index (κ1) is 15.9. The predicted molar refractivity (Wildman–Crippen MR) is 80.5 cm³/mol. The zero-order valence-electron chi connectivity index (χ0n) is 11.6. The fourth-order valence-electron chi connectivity index (χ4n) is 2.08. The molecule has 0 bridgehead atoms. The molecule has 114 valence electrons. The van der Waals surface area contributed by atoms with Gasteiger partial charge in [0, 0.05) is 26.2 Å². The molecule has 2 heterocycles. The highest BCUT2D eigenvalue weighted by atomic mass is 32.2. The standard InChI is InChI=1S/C12H16N4O3S2/c1-21(18,19)16-5-3-15(4-6-16)9-11(17)14-12-10(8-13)2-7-20-12/h2,7H,3-6,9H2,1H3,(H,14,17). The van der Waals surface area contributed by atoms with E-state index in [2.05, 4.69) is 5.32 Å². The van der Waals surface area contributed by atoms with Crippen LogP contribution >= 0.6 is 11.3 Å². The second kappa shape index (κ2) is 6.53. The number of hydrogen-bond donors (Lipinski definition) is 1. The van der Waals surface area contributed by atoms with Crippen LogP contribution in [0.5, 0.6) is 0 Å². The largest absolute Gasteiger partial charge is 0.315 e. The van der Waals surface area contributed by atoms with E-state index in [0.29, 0.717) is 36.7 Å². The summed E-state index contributed by atoms with van der Waals surface area (Å²) in [6, 6.07) is 3.67. The van der Waals surface area contributed by atoms with Crippen molar-refractivity contribution in [2.45, 2.75) is 0 Å². The Morgan fingerprint density at radius 2 is 2.10 bits per heavy atom. The van der Waals surface area contributed by atoms with Gasteiger partial charge in [-0.2, -0.15) is 9.57 Å². The predicted octanol–water partition coefficient (Wildman–Crippen LogP) is 0.135. The van der Waals surface area contributed by atoms with Gasteiger partial charge in [0.15, 0.2) is 0 Å². The third-order valence-corrected chi connectivity index (χ3v) is 5.34. The van der Waals surface area contributed by atoms with Crippen molar-refractivity contribution in [2.24, 2.45) is 0 Å². The molecule has 0 radical (unpaired) electrons. The van der Waals surface area contributed by atoms with Gasteiger partial charge in [-0.05, 0) is 11.4 Å². The van der Waals surface area contributed by atoms with Crippen molar-refractivity contribution in [3.8, 4) is 6.07 Å². The first-order valence-electron chi connectivity index (χ1n) is 6.35. The smallest absolute Gasteiger partial charge is 0.239 e. The summed E-state index contributed by atoms with van der Waals surface area (Å²) in [4.78, 5) is 13.8. The minimum atomic E-state index is -3.16. The van der Waals surface area contributed by atoms with Crippen molar-refractivity contribution in [1.29, 1.82) is 5.26 Å². The highest BCUT2D eigenvalue weighted by Gasteiger charge is 2.24. The van der Waals surface area contributed by atoms with Crippen LogP contribution in [-0.2, 0) is 14.8 Å². The van der Waals surface area contributed by atoms with Crippen LogP contribution in [0.3, 0.4) is 0 Å². The van der Waals surface area contributed by atoms with Crippen LogP contribution < -0.4 is 5.32 Å². The van der Waals surface area contributed by atoms with Gasteiger partial charge < -0.3 is 5.32 Å². The molecule has 2 rings (SSSR count). The molecule has 1 aromatic heterocycles. The van der Waals surface area contributed by atoms with Crippen LogP contribution in [0.1, 0.15) is 5.56 Å². The fourth-order valence-corrected chi connectivity index (χ4v) is 3.66. The molecule has 0 unspecified atom stereocenters. The zero-order valence-corrected chi connectivity index (χ0v) is 13.2. The maximum absolute atomic E-state index is 11.9. The van der Waals surface area contributed by atoms with Gasteiger partial charge in [-0.3, -0.25) is 9.69 Å². The fraction of sp³-hybridized carbons (Fsp3) is 0.500. The van der Waals surface area contributed by atoms with E-state index in [1.165, 1.54) is 21.9 Å². The molecule has 0 saturated carbocycles. The summed E-state index contributed by atoms with van der Waals surface area (Å²) >= 11 is 1.31. The summed E-state index contributed by atoms with van der Waals surface area (Å²) < 4.78 is 24.2. The van der Waals surface area contributed by atoms with Gasteiger partial charge in [0.05, 0.1) is 18.4 Å². The summed E-state index contributed by atoms with van der Waals surface area (Å²) in [5, 5.41) is 13.9.